The maximum atomic E-state index is 12.2. The highest BCUT2D eigenvalue weighted by Gasteiger charge is 2.37. The maximum absolute atomic E-state index is 12.2. The number of alkyl halides is 2. The molecule has 0 saturated carbocycles. The second-order valence-electron chi connectivity index (χ2n) is 2.64. The van der Waals surface area contributed by atoms with Gasteiger partial charge in [-0.05, 0) is 0 Å². The average Bonchev–Trinajstić information content (AvgIpc) is 2.15. The Bertz CT molecular complexity index is 124. The molecule has 3 nitrogen and oxygen atoms in total. The molecule has 0 bridgehead atoms. The highest BCUT2D eigenvalue weighted by molar-refractivity contribution is 4.87. The van der Waals surface area contributed by atoms with Crippen molar-refractivity contribution in [1.29, 1.82) is 0 Å². The van der Waals surface area contributed by atoms with Crippen molar-refractivity contribution in [3.05, 3.63) is 0 Å². The molecule has 0 unspecified atom stereocenters. The zero-order valence-electron chi connectivity index (χ0n) is 6.06. The minimum Gasteiger partial charge on any atom is -0.377 e. The van der Waals surface area contributed by atoms with Crippen LogP contribution in [-0.2, 0) is 9.47 Å². The smallest absolute Gasteiger partial charge is 0.260 e. The van der Waals surface area contributed by atoms with E-state index in [0.717, 1.165) is 0 Å². The summed E-state index contributed by atoms with van der Waals surface area (Å²) >= 11 is 0. The van der Waals surface area contributed by atoms with Crippen molar-refractivity contribution in [1.82, 2.24) is 0 Å². The SMILES string of the molecule is NC1(C(F)F)COCCOC1. The standard InChI is InChI=1S/C6H11F2NO2/c7-5(8)6(9)3-10-1-2-11-4-6/h5H,1-4,9H2. The number of halogens is 2. The summed E-state index contributed by atoms with van der Waals surface area (Å²) < 4.78 is 34.1. The fourth-order valence-corrected chi connectivity index (χ4v) is 0.810. The van der Waals surface area contributed by atoms with Crippen LogP contribution in [0.3, 0.4) is 0 Å². The molecule has 0 radical (unpaired) electrons. The molecule has 0 aromatic rings. The van der Waals surface area contributed by atoms with Crippen LogP contribution < -0.4 is 5.73 Å². The van der Waals surface area contributed by atoms with E-state index >= 15 is 0 Å². The van der Waals surface area contributed by atoms with Crippen LogP contribution in [0, 0.1) is 0 Å². The summed E-state index contributed by atoms with van der Waals surface area (Å²) in [5, 5.41) is 0. The van der Waals surface area contributed by atoms with Crippen molar-refractivity contribution in [3.63, 3.8) is 0 Å². The van der Waals surface area contributed by atoms with Crippen molar-refractivity contribution in [2.75, 3.05) is 26.4 Å². The first-order valence-electron chi connectivity index (χ1n) is 3.38. The van der Waals surface area contributed by atoms with Crippen LogP contribution >= 0.6 is 0 Å². The molecular formula is C6H11F2NO2. The van der Waals surface area contributed by atoms with E-state index < -0.39 is 12.0 Å². The molecule has 1 heterocycles. The van der Waals surface area contributed by atoms with E-state index in [4.69, 9.17) is 15.2 Å². The molecule has 2 N–H and O–H groups in total. The summed E-state index contributed by atoms with van der Waals surface area (Å²) in [6, 6.07) is 0. The van der Waals surface area contributed by atoms with Crippen molar-refractivity contribution < 1.29 is 18.3 Å². The molecule has 0 aromatic carbocycles. The predicted molar refractivity (Wildman–Crippen MR) is 34.6 cm³/mol. The summed E-state index contributed by atoms with van der Waals surface area (Å²) in [5.41, 5.74) is 3.69. The second kappa shape index (κ2) is 3.42. The molecule has 11 heavy (non-hydrogen) atoms. The van der Waals surface area contributed by atoms with Gasteiger partial charge in [0.25, 0.3) is 6.43 Å². The Morgan fingerprint density at radius 3 is 2.00 bits per heavy atom. The fraction of sp³-hybridized carbons (Fsp3) is 1.00. The molecule has 5 heteroatoms. The van der Waals surface area contributed by atoms with Gasteiger partial charge in [0.05, 0.1) is 26.4 Å². The van der Waals surface area contributed by atoms with Gasteiger partial charge in [0.1, 0.15) is 5.54 Å². The monoisotopic (exact) mass is 167 g/mol. The Balaban J connectivity index is 2.52. The van der Waals surface area contributed by atoms with Gasteiger partial charge in [-0.25, -0.2) is 8.78 Å². The van der Waals surface area contributed by atoms with Crippen LogP contribution in [0.5, 0.6) is 0 Å². The van der Waals surface area contributed by atoms with Crippen LogP contribution in [0.2, 0.25) is 0 Å². The van der Waals surface area contributed by atoms with Crippen LogP contribution in [0.25, 0.3) is 0 Å². The van der Waals surface area contributed by atoms with Gasteiger partial charge in [0.15, 0.2) is 0 Å². The fourth-order valence-electron chi connectivity index (χ4n) is 0.810. The van der Waals surface area contributed by atoms with E-state index in [-0.39, 0.29) is 13.2 Å². The molecule has 1 saturated heterocycles. The first kappa shape index (κ1) is 8.83. The topological polar surface area (TPSA) is 44.5 Å². The molecule has 0 aliphatic carbocycles. The minimum atomic E-state index is -2.60. The van der Waals surface area contributed by atoms with Gasteiger partial charge in [0.2, 0.25) is 0 Å². The molecule has 0 aromatic heterocycles. The largest absolute Gasteiger partial charge is 0.377 e. The molecule has 0 atom stereocenters. The van der Waals surface area contributed by atoms with E-state index in [1.807, 2.05) is 0 Å². The number of hydrogen-bond acceptors (Lipinski definition) is 3. The Morgan fingerprint density at radius 1 is 1.18 bits per heavy atom. The molecule has 1 aliphatic heterocycles. The Kier molecular flexibility index (Phi) is 2.75. The van der Waals surface area contributed by atoms with E-state index in [1.165, 1.54) is 0 Å². The Hall–Kier alpha value is -0.260. The van der Waals surface area contributed by atoms with Gasteiger partial charge in [-0.2, -0.15) is 0 Å². The number of rotatable bonds is 1. The molecule has 0 amide bonds. The van der Waals surface area contributed by atoms with Gasteiger partial charge in [-0.3, -0.25) is 0 Å². The lowest BCUT2D eigenvalue weighted by atomic mass is 10.1. The molecule has 66 valence electrons. The van der Waals surface area contributed by atoms with Crippen LogP contribution in [0.4, 0.5) is 8.78 Å². The summed E-state index contributed by atoms with van der Waals surface area (Å²) in [7, 11) is 0. The van der Waals surface area contributed by atoms with Gasteiger partial charge in [0, 0.05) is 0 Å². The predicted octanol–water partition coefficient (Wildman–Crippen LogP) is -0.00420. The maximum Gasteiger partial charge on any atom is 0.260 e. The van der Waals surface area contributed by atoms with E-state index in [0.29, 0.717) is 13.2 Å². The van der Waals surface area contributed by atoms with Gasteiger partial charge in [-0.1, -0.05) is 0 Å². The van der Waals surface area contributed by atoms with Gasteiger partial charge < -0.3 is 15.2 Å². The number of ether oxygens (including phenoxy) is 2. The van der Waals surface area contributed by atoms with Crippen molar-refractivity contribution >= 4 is 0 Å². The molecule has 1 fully saturated rings. The van der Waals surface area contributed by atoms with Crippen molar-refractivity contribution in [3.8, 4) is 0 Å². The molecular weight excluding hydrogens is 156 g/mol. The Labute approximate surface area is 63.5 Å². The lowest BCUT2D eigenvalue weighted by molar-refractivity contribution is -0.0144. The lowest BCUT2D eigenvalue weighted by Crippen LogP contribution is -2.54. The van der Waals surface area contributed by atoms with Crippen molar-refractivity contribution in [2.45, 2.75) is 12.0 Å². The van der Waals surface area contributed by atoms with E-state index in [9.17, 15) is 8.78 Å². The van der Waals surface area contributed by atoms with E-state index in [1.54, 1.807) is 0 Å². The van der Waals surface area contributed by atoms with Crippen molar-refractivity contribution in [2.24, 2.45) is 5.73 Å². The quantitative estimate of drug-likeness (QED) is 0.597. The Morgan fingerprint density at radius 2 is 1.64 bits per heavy atom. The number of nitrogens with two attached hydrogens (primary N) is 1. The average molecular weight is 167 g/mol. The molecule has 1 rings (SSSR count). The first-order valence-corrected chi connectivity index (χ1v) is 3.38. The van der Waals surface area contributed by atoms with Gasteiger partial charge in [-0.15, -0.1) is 0 Å². The highest BCUT2D eigenvalue weighted by atomic mass is 19.3. The zero-order chi connectivity index (χ0) is 8.32. The molecule has 1 aliphatic rings. The van der Waals surface area contributed by atoms with Gasteiger partial charge >= 0.3 is 0 Å². The third-order valence-corrected chi connectivity index (χ3v) is 1.55. The first-order chi connectivity index (χ1) is 5.15. The van der Waals surface area contributed by atoms with Crippen LogP contribution in [-0.4, -0.2) is 38.4 Å². The second-order valence-corrected chi connectivity index (χ2v) is 2.64. The summed E-state index contributed by atoms with van der Waals surface area (Å²) in [6.45, 7) is 0.409. The summed E-state index contributed by atoms with van der Waals surface area (Å²) in [6.07, 6.45) is -2.60. The number of hydrogen-bond donors (Lipinski definition) is 1. The molecule has 0 spiro atoms. The van der Waals surface area contributed by atoms with Crippen LogP contribution in [0.1, 0.15) is 0 Å². The zero-order valence-corrected chi connectivity index (χ0v) is 6.06. The third kappa shape index (κ3) is 2.08. The highest BCUT2D eigenvalue weighted by Crippen LogP contribution is 2.15. The van der Waals surface area contributed by atoms with E-state index in [2.05, 4.69) is 0 Å². The summed E-state index contributed by atoms with van der Waals surface area (Å²) in [4.78, 5) is 0. The lowest BCUT2D eigenvalue weighted by Gasteiger charge is -2.24. The normalized spacial score (nSPS) is 25.1. The summed E-state index contributed by atoms with van der Waals surface area (Å²) in [5.74, 6) is 0. The minimum absolute atomic E-state index is 0.134. The van der Waals surface area contributed by atoms with Crippen LogP contribution in [0.15, 0.2) is 0 Å². The third-order valence-electron chi connectivity index (χ3n) is 1.55.